The van der Waals surface area contributed by atoms with E-state index in [4.69, 9.17) is 10.5 Å². The van der Waals surface area contributed by atoms with Crippen LogP contribution in [0, 0.1) is 10.3 Å². The standard InChI is InChI=1S/C21H24N2O2/c22-15-20(13-7-2-8-14-20)19-21(25-19,16-9-3-1-4-10-16)17-11-5-6-12-18(17)23-24/h1,3-6,9-12,19H,2,7-8,13-15,22H2. The zero-order valence-corrected chi connectivity index (χ0v) is 14.4. The third-order valence-corrected chi connectivity index (χ3v) is 6.03. The van der Waals surface area contributed by atoms with Gasteiger partial charge in [-0.1, -0.05) is 67.8 Å². The van der Waals surface area contributed by atoms with Crippen LogP contribution in [0.2, 0.25) is 0 Å². The minimum absolute atomic E-state index is 0.00407. The fourth-order valence-electron chi connectivity index (χ4n) is 4.67. The largest absolute Gasteiger partial charge is 0.355 e. The van der Waals surface area contributed by atoms with E-state index in [0.717, 1.165) is 24.0 Å². The normalized spacial score (nSPS) is 27.6. The van der Waals surface area contributed by atoms with Crippen molar-refractivity contribution >= 4 is 5.69 Å². The molecule has 0 radical (unpaired) electrons. The molecule has 0 spiro atoms. The van der Waals surface area contributed by atoms with Crippen molar-refractivity contribution in [2.45, 2.75) is 43.8 Å². The lowest BCUT2D eigenvalue weighted by Gasteiger charge is -2.36. The number of nitrogens with zero attached hydrogens (tertiary/aromatic N) is 1. The lowest BCUT2D eigenvalue weighted by Crippen LogP contribution is -2.40. The molecule has 2 atom stereocenters. The number of epoxide rings is 1. The van der Waals surface area contributed by atoms with Gasteiger partial charge < -0.3 is 10.5 Å². The van der Waals surface area contributed by atoms with Crippen LogP contribution >= 0.6 is 0 Å². The number of rotatable bonds is 5. The smallest absolute Gasteiger partial charge is 0.148 e. The van der Waals surface area contributed by atoms with E-state index in [0.29, 0.717) is 12.2 Å². The summed E-state index contributed by atoms with van der Waals surface area (Å²) in [5.74, 6) is 0. The minimum atomic E-state index is -0.609. The van der Waals surface area contributed by atoms with Crippen LogP contribution in [-0.2, 0) is 10.3 Å². The number of ether oxygens (including phenoxy) is 1. The zero-order chi connectivity index (χ0) is 17.3. The van der Waals surface area contributed by atoms with Crippen LogP contribution in [-0.4, -0.2) is 12.6 Å². The van der Waals surface area contributed by atoms with Crippen LogP contribution in [0.5, 0.6) is 0 Å². The van der Waals surface area contributed by atoms with Crippen molar-refractivity contribution in [3.63, 3.8) is 0 Å². The first-order chi connectivity index (χ1) is 12.3. The van der Waals surface area contributed by atoms with E-state index in [-0.39, 0.29) is 11.5 Å². The quantitative estimate of drug-likeness (QED) is 0.639. The van der Waals surface area contributed by atoms with Gasteiger partial charge in [0.25, 0.3) is 0 Å². The van der Waals surface area contributed by atoms with Crippen molar-refractivity contribution in [1.82, 2.24) is 0 Å². The highest BCUT2D eigenvalue weighted by Crippen LogP contribution is 2.62. The summed E-state index contributed by atoms with van der Waals surface area (Å²) in [5.41, 5.74) is 8.02. The lowest BCUT2D eigenvalue weighted by atomic mass is 9.67. The van der Waals surface area contributed by atoms with Crippen molar-refractivity contribution in [2.75, 3.05) is 6.54 Å². The van der Waals surface area contributed by atoms with Gasteiger partial charge in [0.1, 0.15) is 17.4 Å². The first-order valence-corrected chi connectivity index (χ1v) is 9.13. The van der Waals surface area contributed by atoms with Gasteiger partial charge in [0, 0.05) is 17.5 Å². The molecule has 2 N–H and O–H groups in total. The molecule has 0 aromatic heterocycles. The summed E-state index contributed by atoms with van der Waals surface area (Å²) in [6.45, 7) is 0.614. The monoisotopic (exact) mass is 336 g/mol. The average Bonchev–Trinajstić information content (AvgIpc) is 3.47. The number of hydrogen-bond donors (Lipinski definition) is 1. The zero-order valence-electron chi connectivity index (χ0n) is 14.4. The van der Waals surface area contributed by atoms with Crippen molar-refractivity contribution in [3.05, 3.63) is 70.6 Å². The van der Waals surface area contributed by atoms with Crippen LogP contribution in [0.4, 0.5) is 5.69 Å². The molecule has 2 aliphatic rings. The maximum absolute atomic E-state index is 11.4. The van der Waals surface area contributed by atoms with Gasteiger partial charge in [-0.2, -0.15) is 0 Å². The maximum atomic E-state index is 11.4. The Hall–Kier alpha value is -2.04. The SMILES string of the molecule is NCC1(C2OC2(c2ccccc2)c2ccccc2N=O)CCCCC1. The molecule has 1 heterocycles. The van der Waals surface area contributed by atoms with Gasteiger partial charge in [-0.3, -0.25) is 0 Å². The van der Waals surface area contributed by atoms with Gasteiger partial charge in [0.2, 0.25) is 0 Å². The molecule has 1 aliphatic heterocycles. The summed E-state index contributed by atoms with van der Waals surface area (Å²) in [6, 6.07) is 17.7. The summed E-state index contributed by atoms with van der Waals surface area (Å²) in [6.07, 6.45) is 5.80. The van der Waals surface area contributed by atoms with E-state index >= 15 is 0 Å². The van der Waals surface area contributed by atoms with Crippen LogP contribution in [0.1, 0.15) is 43.2 Å². The van der Waals surface area contributed by atoms with Crippen molar-refractivity contribution in [3.8, 4) is 0 Å². The topological polar surface area (TPSA) is 68.0 Å². The second kappa shape index (κ2) is 6.36. The lowest BCUT2D eigenvalue weighted by molar-refractivity contribution is 0.140. The van der Waals surface area contributed by atoms with Gasteiger partial charge in [0.05, 0.1) is 0 Å². The summed E-state index contributed by atoms with van der Waals surface area (Å²) in [4.78, 5) is 11.4. The van der Waals surface area contributed by atoms with E-state index in [2.05, 4.69) is 17.3 Å². The van der Waals surface area contributed by atoms with E-state index < -0.39 is 5.60 Å². The molecule has 4 heteroatoms. The van der Waals surface area contributed by atoms with Crippen molar-refractivity contribution in [1.29, 1.82) is 0 Å². The Morgan fingerprint density at radius 2 is 1.68 bits per heavy atom. The van der Waals surface area contributed by atoms with Gasteiger partial charge >= 0.3 is 0 Å². The highest BCUT2D eigenvalue weighted by molar-refractivity contribution is 5.57. The molecular weight excluding hydrogens is 312 g/mol. The summed E-state index contributed by atoms with van der Waals surface area (Å²) >= 11 is 0. The van der Waals surface area contributed by atoms with Crippen LogP contribution < -0.4 is 5.73 Å². The van der Waals surface area contributed by atoms with Gasteiger partial charge in [0.15, 0.2) is 0 Å². The fraction of sp³-hybridized carbons (Fsp3) is 0.429. The van der Waals surface area contributed by atoms with E-state index in [1.807, 2.05) is 36.4 Å². The molecular formula is C21H24N2O2. The summed E-state index contributed by atoms with van der Waals surface area (Å²) in [5, 5.41) is 3.27. The maximum Gasteiger partial charge on any atom is 0.148 e. The molecule has 2 fully saturated rings. The second-order valence-corrected chi connectivity index (χ2v) is 7.34. The predicted octanol–water partition coefficient (Wildman–Crippen LogP) is 4.64. The van der Waals surface area contributed by atoms with Crippen LogP contribution in [0.15, 0.2) is 59.8 Å². The molecule has 2 unspecified atom stereocenters. The highest BCUT2D eigenvalue weighted by Gasteiger charge is 2.67. The van der Waals surface area contributed by atoms with Crippen LogP contribution in [0.3, 0.4) is 0 Å². The van der Waals surface area contributed by atoms with Crippen molar-refractivity contribution < 1.29 is 4.74 Å². The number of nitroso groups, excluding NO2 is 1. The molecule has 0 amide bonds. The first kappa shape index (κ1) is 16.4. The number of hydrogen-bond acceptors (Lipinski definition) is 4. The molecule has 2 aromatic carbocycles. The summed E-state index contributed by atoms with van der Waals surface area (Å²) < 4.78 is 6.47. The van der Waals surface area contributed by atoms with E-state index in [9.17, 15) is 4.91 Å². The molecule has 130 valence electrons. The second-order valence-electron chi connectivity index (χ2n) is 7.34. The van der Waals surface area contributed by atoms with Gasteiger partial charge in [-0.25, -0.2) is 0 Å². The molecule has 4 rings (SSSR count). The molecule has 1 saturated heterocycles. The molecule has 2 aromatic rings. The first-order valence-electron chi connectivity index (χ1n) is 9.13. The summed E-state index contributed by atoms with van der Waals surface area (Å²) in [7, 11) is 0. The number of benzene rings is 2. The van der Waals surface area contributed by atoms with Crippen molar-refractivity contribution in [2.24, 2.45) is 16.3 Å². The van der Waals surface area contributed by atoms with E-state index in [1.54, 1.807) is 6.07 Å². The van der Waals surface area contributed by atoms with Gasteiger partial charge in [-0.15, -0.1) is 4.91 Å². The minimum Gasteiger partial charge on any atom is -0.355 e. The molecule has 4 nitrogen and oxygen atoms in total. The van der Waals surface area contributed by atoms with Crippen LogP contribution in [0.25, 0.3) is 0 Å². The number of nitrogens with two attached hydrogens (primary N) is 1. The Morgan fingerprint density at radius 1 is 1.00 bits per heavy atom. The third kappa shape index (κ3) is 2.52. The average molecular weight is 336 g/mol. The fourth-order valence-corrected chi connectivity index (χ4v) is 4.67. The Labute approximate surface area is 148 Å². The molecule has 1 saturated carbocycles. The highest BCUT2D eigenvalue weighted by atomic mass is 16.6. The Balaban J connectivity index is 1.84. The Bertz CT molecular complexity index is 756. The van der Waals surface area contributed by atoms with E-state index in [1.165, 1.54) is 19.3 Å². The molecule has 25 heavy (non-hydrogen) atoms. The molecule has 1 aliphatic carbocycles. The Morgan fingerprint density at radius 3 is 2.36 bits per heavy atom. The Kier molecular flexibility index (Phi) is 4.18. The molecule has 0 bridgehead atoms. The third-order valence-electron chi connectivity index (χ3n) is 6.03. The van der Waals surface area contributed by atoms with Gasteiger partial charge in [-0.05, 0) is 29.6 Å². The predicted molar refractivity (Wildman–Crippen MR) is 98.6 cm³/mol.